The Balaban J connectivity index is 1.95. The van der Waals surface area contributed by atoms with Crippen molar-refractivity contribution >= 4 is 5.69 Å². The van der Waals surface area contributed by atoms with Crippen LogP contribution < -0.4 is 19.5 Å². The van der Waals surface area contributed by atoms with Gasteiger partial charge >= 0.3 is 0 Å². The SMILES string of the molecule is COc1ccc(OC)c(NCC(C)Oc2ccccc2)c1. The van der Waals surface area contributed by atoms with E-state index in [-0.39, 0.29) is 6.10 Å². The quantitative estimate of drug-likeness (QED) is 0.845. The van der Waals surface area contributed by atoms with Crippen molar-refractivity contribution in [1.29, 1.82) is 0 Å². The summed E-state index contributed by atoms with van der Waals surface area (Å²) >= 11 is 0. The minimum Gasteiger partial charge on any atom is -0.497 e. The van der Waals surface area contributed by atoms with Gasteiger partial charge in [0.1, 0.15) is 23.4 Å². The molecule has 1 unspecified atom stereocenters. The van der Waals surface area contributed by atoms with Crippen LogP contribution in [0.3, 0.4) is 0 Å². The lowest BCUT2D eigenvalue weighted by atomic mass is 10.2. The number of benzene rings is 2. The highest BCUT2D eigenvalue weighted by atomic mass is 16.5. The average Bonchev–Trinajstić information content (AvgIpc) is 2.53. The molecular weight excluding hydrogens is 266 g/mol. The van der Waals surface area contributed by atoms with Crippen LogP contribution in [0.1, 0.15) is 6.92 Å². The molecule has 0 heterocycles. The molecule has 0 saturated heterocycles. The molecule has 0 aliphatic carbocycles. The number of ether oxygens (including phenoxy) is 3. The lowest BCUT2D eigenvalue weighted by Crippen LogP contribution is -2.22. The summed E-state index contributed by atoms with van der Waals surface area (Å²) in [6.45, 7) is 2.69. The Kier molecular flexibility index (Phi) is 5.32. The summed E-state index contributed by atoms with van der Waals surface area (Å²) in [5.74, 6) is 2.43. The van der Waals surface area contributed by atoms with Crippen LogP contribution in [0.2, 0.25) is 0 Å². The van der Waals surface area contributed by atoms with E-state index in [4.69, 9.17) is 14.2 Å². The molecule has 2 rings (SSSR count). The Bertz CT molecular complexity index is 557. The molecule has 0 aliphatic rings. The first-order valence-corrected chi connectivity index (χ1v) is 6.90. The van der Waals surface area contributed by atoms with E-state index >= 15 is 0 Å². The average molecular weight is 287 g/mol. The first kappa shape index (κ1) is 15.0. The second-order valence-corrected chi connectivity index (χ2v) is 4.69. The molecule has 1 N–H and O–H groups in total. The zero-order chi connectivity index (χ0) is 15.1. The summed E-state index contributed by atoms with van der Waals surface area (Å²) in [4.78, 5) is 0. The predicted octanol–water partition coefficient (Wildman–Crippen LogP) is 3.58. The fourth-order valence-corrected chi connectivity index (χ4v) is 1.98. The van der Waals surface area contributed by atoms with Crippen LogP contribution in [0.5, 0.6) is 17.2 Å². The number of anilines is 1. The molecule has 2 aromatic carbocycles. The molecule has 112 valence electrons. The number of rotatable bonds is 7. The molecular formula is C17H21NO3. The van der Waals surface area contributed by atoms with Crippen molar-refractivity contribution in [3.8, 4) is 17.2 Å². The molecule has 0 spiro atoms. The van der Waals surface area contributed by atoms with Gasteiger partial charge in [0.05, 0.1) is 26.5 Å². The standard InChI is InChI=1S/C17H21NO3/c1-13(21-14-7-5-4-6-8-14)12-18-16-11-15(19-2)9-10-17(16)20-3/h4-11,13,18H,12H2,1-3H3. The van der Waals surface area contributed by atoms with Gasteiger partial charge in [0, 0.05) is 6.07 Å². The van der Waals surface area contributed by atoms with Crippen LogP contribution in [-0.2, 0) is 0 Å². The van der Waals surface area contributed by atoms with Gasteiger partial charge in [0.15, 0.2) is 0 Å². The number of hydrogen-bond donors (Lipinski definition) is 1. The maximum Gasteiger partial charge on any atom is 0.142 e. The van der Waals surface area contributed by atoms with E-state index in [0.29, 0.717) is 6.54 Å². The van der Waals surface area contributed by atoms with Crippen LogP contribution >= 0.6 is 0 Å². The highest BCUT2D eigenvalue weighted by Crippen LogP contribution is 2.28. The lowest BCUT2D eigenvalue weighted by molar-refractivity contribution is 0.234. The summed E-state index contributed by atoms with van der Waals surface area (Å²) in [5, 5.41) is 3.33. The fraction of sp³-hybridized carbons (Fsp3) is 0.294. The van der Waals surface area contributed by atoms with E-state index in [1.807, 2.05) is 55.5 Å². The van der Waals surface area contributed by atoms with Crippen LogP contribution in [0.15, 0.2) is 48.5 Å². The number of para-hydroxylation sites is 1. The number of hydrogen-bond acceptors (Lipinski definition) is 4. The monoisotopic (exact) mass is 287 g/mol. The number of methoxy groups -OCH3 is 2. The summed E-state index contributed by atoms with van der Waals surface area (Å²) in [6, 6.07) is 15.4. The molecule has 0 amide bonds. The van der Waals surface area contributed by atoms with Crippen LogP contribution in [0, 0.1) is 0 Å². The van der Waals surface area contributed by atoms with E-state index in [9.17, 15) is 0 Å². The summed E-state index contributed by atoms with van der Waals surface area (Å²) < 4.78 is 16.4. The van der Waals surface area contributed by atoms with E-state index in [0.717, 1.165) is 22.9 Å². The molecule has 0 aromatic heterocycles. The number of nitrogens with one attached hydrogen (secondary N) is 1. The third kappa shape index (κ3) is 4.31. The molecule has 0 radical (unpaired) electrons. The third-order valence-electron chi connectivity index (χ3n) is 3.07. The van der Waals surface area contributed by atoms with Gasteiger partial charge in [0.2, 0.25) is 0 Å². The molecule has 0 bridgehead atoms. The minimum atomic E-state index is 0.0308. The van der Waals surface area contributed by atoms with Gasteiger partial charge in [-0.2, -0.15) is 0 Å². The molecule has 21 heavy (non-hydrogen) atoms. The smallest absolute Gasteiger partial charge is 0.142 e. The van der Waals surface area contributed by atoms with Gasteiger partial charge < -0.3 is 19.5 Å². The normalized spacial score (nSPS) is 11.6. The highest BCUT2D eigenvalue weighted by Gasteiger charge is 2.08. The summed E-state index contributed by atoms with van der Waals surface area (Å²) in [7, 11) is 3.30. The molecule has 1 atom stereocenters. The minimum absolute atomic E-state index is 0.0308. The summed E-state index contributed by atoms with van der Waals surface area (Å²) in [6.07, 6.45) is 0.0308. The fourth-order valence-electron chi connectivity index (χ4n) is 1.98. The largest absolute Gasteiger partial charge is 0.497 e. The van der Waals surface area contributed by atoms with Gasteiger partial charge in [-0.15, -0.1) is 0 Å². The predicted molar refractivity (Wildman–Crippen MR) is 84.6 cm³/mol. The van der Waals surface area contributed by atoms with Gasteiger partial charge in [-0.3, -0.25) is 0 Å². The molecule has 0 aliphatic heterocycles. The zero-order valence-corrected chi connectivity index (χ0v) is 12.6. The Morgan fingerprint density at radius 1 is 0.952 bits per heavy atom. The van der Waals surface area contributed by atoms with Crippen molar-refractivity contribution in [3.63, 3.8) is 0 Å². The lowest BCUT2D eigenvalue weighted by Gasteiger charge is -2.18. The van der Waals surface area contributed by atoms with Crippen LogP contribution in [0.4, 0.5) is 5.69 Å². The van der Waals surface area contributed by atoms with Crippen molar-refractivity contribution in [1.82, 2.24) is 0 Å². The van der Waals surface area contributed by atoms with Gasteiger partial charge in [-0.1, -0.05) is 18.2 Å². The molecule has 0 saturated carbocycles. The van der Waals surface area contributed by atoms with E-state index < -0.39 is 0 Å². The second kappa shape index (κ2) is 7.43. The zero-order valence-electron chi connectivity index (χ0n) is 12.6. The van der Waals surface area contributed by atoms with Gasteiger partial charge in [0.25, 0.3) is 0 Å². The Hall–Kier alpha value is -2.36. The summed E-state index contributed by atoms with van der Waals surface area (Å²) in [5.41, 5.74) is 0.889. The van der Waals surface area contributed by atoms with Crippen LogP contribution in [-0.4, -0.2) is 26.9 Å². The van der Waals surface area contributed by atoms with Gasteiger partial charge in [-0.25, -0.2) is 0 Å². The Morgan fingerprint density at radius 3 is 2.38 bits per heavy atom. The maximum atomic E-state index is 5.83. The second-order valence-electron chi connectivity index (χ2n) is 4.69. The topological polar surface area (TPSA) is 39.7 Å². The van der Waals surface area contributed by atoms with E-state index in [1.165, 1.54) is 0 Å². The third-order valence-corrected chi connectivity index (χ3v) is 3.07. The van der Waals surface area contributed by atoms with Crippen molar-refractivity contribution in [2.45, 2.75) is 13.0 Å². The van der Waals surface area contributed by atoms with Crippen molar-refractivity contribution in [2.75, 3.05) is 26.1 Å². The highest BCUT2D eigenvalue weighted by molar-refractivity contribution is 5.59. The molecule has 2 aromatic rings. The van der Waals surface area contributed by atoms with Crippen LogP contribution in [0.25, 0.3) is 0 Å². The first-order chi connectivity index (χ1) is 10.2. The van der Waals surface area contributed by atoms with Crippen molar-refractivity contribution < 1.29 is 14.2 Å². The maximum absolute atomic E-state index is 5.83. The Morgan fingerprint density at radius 2 is 1.71 bits per heavy atom. The van der Waals surface area contributed by atoms with Crippen molar-refractivity contribution in [2.24, 2.45) is 0 Å². The van der Waals surface area contributed by atoms with E-state index in [2.05, 4.69) is 5.32 Å². The molecule has 4 heteroatoms. The molecule has 4 nitrogen and oxygen atoms in total. The molecule has 0 fully saturated rings. The van der Waals surface area contributed by atoms with Gasteiger partial charge in [-0.05, 0) is 31.2 Å². The Labute approximate surface area is 125 Å². The van der Waals surface area contributed by atoms with E-state index in [1.54, 1.807) is 14.2 Å². The van der Waals surface area contributed by atoms with Crippen molar-refractivity contribution in [3.05, 3.63) is 48.5 Å². The first-order valence-electron chi connectivity index (χ1n) is 6.90.